The lowest BCUT2D eigenvalue weighted by molar-refractivity contribution is 0.0945. The Labute approximate surface area is 278 Å². The van der Waals surface area contributed by atoms with Gasteiger partial charge in [0.15, 0.2) is 0 Å². The maximum absolute atomic E-state index is 15.2. The molecule has 0 spiro atoms. The molecule has 252 valence electrons. The molecule has 7 heteroatoms. The van der Waals surface area contributed by atoms with Gasteiger partial charge in [-0.1, -0.05) is 77.8 Å². The van der Waals surface area contributed by atoms with Gasteiger partial charge in [-0.15, -0.1) is 0 Å². The fraction of sp³-hybridized carbons (Fsp3) is 0.579. The molecule has 1 amide bonds. The van der Waals surface area contributed by atoms with E-state index in [2.05, 4.69) is 55.1 Å². The first kappa shape index (κ1) is 40.3. The SMILES string of the molecule is CC/C=C/C1=C(C(/F)=C(\C)CC)c2[nH]c3c(c2CC1)C(=O)NCC3.CCCCOCCC.C\C=C(CC)/C(C)=N\C(Cl)=C\CC. The second-order valence-electron chi connectivity index (χ2n) is 11.3. The number of aromatic nitrogens is 1. The zero-order chi connectivity index (χ0) is 33.8. The Morgan fingerprint density at radius 1 is 1.00 bits per heavy atom. The molecule has 2 N–H and O–H groups in total. The van der Waals surface area contributed by atoms with Crippen molar-refractivity contribution in [3.05, 3.63) is 74.5 Å². The third-order valence-electron chi connectivity index (χ3n) is 7.80. The predicted octanol–water partition coefficient (Wildman–Crippen LogP) is 11.1. The van der Waals surface area contributed by atoms with E-state index in [0.29, 0.717) is 23.7 Å². The fourth-order valence-corrected chi connectivity index (χ4v) is 5.39. The minimum absolute atomic E-state index is 0.0303. The van der Waals surface area contributed by atoms with Crippen molar-refractivity contribution in [3.63, 3.8) is 0 Å². The van der Waals surface area contributed by atoms with Crippen molar-refractivity contribution in [2.75, 3.05) is 19.8 Å². The second-order valence-corrected chi connectivity index (χ2v) is 11.6. The van der Waals surface area contributed by atoms with Gasteiger partial charge in [0.25, 0.3) is 5.91 Å². The highest BCUT2D eigenvalue weighted by molar-refractivity contribution is 6.30. The monoisotopic (exact) mass is 643 g/mol. The van der Waals surface area contributed by atoms with Crippen LogP contribution in [0.25, 0.3) is 5.57 Å². The molecule has 3 rings (SSSR count). The molecule has 0 saturated heterocycles. The van der Waals surface area contributed by atoms with Gasteiger partial charge in [0.2, 0.25) is 0 Å². The largest absolute Gasteiger partial charge is 0.381 e. The molecule has 2 aliphatic rings. The number of hydrogen-bond acceptors (Lipinski definition) is 3. The number of rotatable bonds is 13. The van der Waals surface area contributed by atoms with Gasteiger partial charge in [0, 0.05) is 43.2 Å². The number of nitrogens with one attached hydrogen (secondary N) is 2. The van der Waals surface area contributed by atoms with Crippen molar-refractivity contribution in [1.82, 2.24) is 10.3 Å². The average Bonchev–Trinajstić information content (AvgIpc) is 3.42. The van der Waals surface area contributed by atoms with Crippen LogP contribution in [0.2, 0.25) is 0 Å². The summed E-state index contributed by atoms with van der Waals surface area (Å²) in [5.41, 5.74) is 8.17. The summed E-state index contributed by atoms with van der Waals surface area (Å²) in [6.07, 6.45) is 17.5. The van der Waals surface area contributed by atoms with Gasteiger partial charge in [-0.25, -0.2) is 9.38 Å². The third-order valence-corrected chi connectivity index (χ3v) is 8.03. The van der Waals surface area contributed by atoms with Crippen LogP contribution in [-0.4, -0.2) is 36.4 Å². The van der Waals surface area contributed by atoms with E-state index in [-0.39, 0.29) is 11.7 Å². The van der Waals surface area contributed by atoms with E-state index in [1.165, 1.54) is 18.4 Å². The van der Waals surface area contributed by atoms with E-state index in [4.69, 9.17) is 16.3 Å². The summed E-state index contributed by atoms with van der Waals surface area (Å²) in [6.45, 7) is 20.9. The quantitative estimate of drug-likeness (QED) is 0.128. The van der Waals surface area contributed by atoms with Crippen molar-refractivity contribution in [2.45, 2.75) is 127 Å². The molecule has 1 aromatic rings. The molecule has 0 saturated carbocycles. The summed E-state index contributed by atoms with van der Waals surface area (Å²) >= 11 is 5.88. The first-order valence-corrected chi connectivity index (χ1v) is 17.4. The summed E-state index contributed by atoms with van der Waals surface area (Å²) in [6, 6.07) is 0. The molecule has 0 fully saturated rings. The van der Waals surface area contributed by atoms with Crippen LogP contribution in [0.1, 0.15) is 141 Å². The lowest BCUT2D eigenvalue weighted by atomic mass is 9.85. The molecule has 2 heterocycles. The number of hydrogen-bond donors (Lipinski definition) is 2. The van der Waals surface area contributed by atoms with Gasteiger partial charge in [-0.2, -0.15) is 0 Å². The number of unbranched alkanes of at least 4 members (excludes halogenated alkanes) is 1. The number of amides is 1. The number of aliphatic imine (C=N–C) groups is 1. The van der Waals surface area contributed by atoms with Gasteiger partial charge in [-0.05, 0) is 100 Å². The van der Waals surface area contributed by atoms with E-state index in [1.807, 2.05) is 46.8 Å². The minimum atomic E-state index is -0.145. The highest BCUT2D eigenvalue weighted by atomic mass is 35.5. The average molecular weight is 644 g/mol. The van der Waals surface area contributed by atoms with Gasteiger partial charge < -0.3 is 15.0 Å². The summed E-state index contributed by atoms with van der Waals surface area (Å²) in [5, 5.41) is 3.49. The maximum Gasteiger partial charge on any atom is 0.253 e. The number of H-pyrrole nitrogens is 1. The molecule has 0 unspecified atom stereocenters. The van der Waals surface area contributed by atoms with Crippen molar-refractivity contribution in [2.24, 2.45) is 4.99 Å². The molecule has 5 nitrogen and oxygen atoms in total. The number of fused-ring (bicyclic) bond motifs is 3. The number of allylic oxidation sites excluding steroid dienone is 9. The Morgan fingerprint density at radius 2 is 1.73 bits per heavy atom. The Kier molecular flexibility index (Phi) is 20.4. The number of carbonyl (C=O) groups excluding carboxylic acids is 1. The highest BCUT2D eigenvalue weighted by Gasteiger charge is 2.31. The van der Waals surface area contributed by atoms with Gasteiger partial charge in [0.1, 0.15) is 11.0 Å². The smallest absolute Gasteiger partial charge is 0.253 e. The van der Waals surface area contributed by atoms with Gasteiger partial charge >= 0.3 is 0 Å². The van der Waals surface area contributed by atoms with Gasteiger partial charge in [-0.3, -0.25) is 4.79 Å². The highest BCUT2D eigenvalue weighted by Crippen LogP contribution is 2.41. The second kappa shape index (κ2) is 22.7. The van der Waals surface area contributed by atoms with Crippen LogP contribution in [0.5, 0.6) is 0 Å². The van der Waals surface area contributed by atoms with Crippen LogP contribution < -0.4 is 5.32 Å². The lowest BCUT2D eigenvalue weighted by Gasteiger charge is -2.20. The molecular formula is C38H59ClFN3O2. The van der Waals surface area contributed by atoms with Crippen molar-refractivity contribution in [1.29, 1.82) is 0 Å². The normalized spacial score (nSPS) is 15.9. The minimum Gasteiger partial charge on any atom is -0.381 e. The maximum atomic E-state index is 15.2. The Balaban J connectivity index is 0.000000406. The van der Waals surface area contributed by atoms with E-state index >= 15 is 4.39 Å². The zero-order valence-corrected chi connectivity index (χ0v) is 30.3. The van der Waals surface area contributed by atoms with Crippen LogP contribution in [-0.2, 0) is 17.6 Å². The number of halogens is 2. The molecule has 1 aliphatic heterocycles. The Bertz CT molecular complexity index is 1260. The Hall–Kier alpha value is -2.70. The number of nitrogens with zero attached hydrogens (tertiary/aromatic N) is 1. The van der Waals surface area contributed by atoms with Crippen LogP contribution >= 0.6 is 11.6 Å². The number of carbonyl (C=O) groups is 1. The first-order chi connectivity index (χ1) is 21.6. The number of aromatic amines is 1. The fourth-order valence-electron chi connectivity index (χ4n) is 5.11. The van der Waals surface area contributed by atoms with E-state index in [0.717, 1.165) is 97.5 Å². The molecule has 0 bridgehead atoms. The molecular weight excluding hydrogens is 585 g/mol. The molecule has 0 radical (unpaired) electrons. The van der Waals surface area contributed by atoms with Crippen molar-refractivity contribution < 1.29 is 13.9 Å². The van der Waals surface area contributed by atoms with E-state index in [1.54, 1.807) is 0 Å². The standard InChI is InChI=1S/C20H25FN2O.C11H18ClN.C7H16O/c1-4-6-7-13-8-9-14-17-15(10-11-22-20(17)24)23-19(14)16(13)18(21)12(3)5-2;1-5-8-11(12)13-9(4)10(6-2)7-3;1-3-5-7-8-6-4-2/h6-7,23H,4-5,8-11H2,1-3H3,(H,22,24);6,8H,5,7H2,1-4H3;3-7H2,1-2H3/b7-6+,18-12-;10-6-,11-8+,13-9-;. The van der Waals surface area contributed by atoms with Crippen LogP contribution in [0.4, 0.5) is 4.39 Å². The molecule has 1 aromatic heterocycles. The van der Waals surface area contributed by atoms with E-state index in [9.17, 15) is 4.79 Å². The van der Waals surface area contributed by atoms with Crippen molar-refractivity contribution in [3.8, 4) is 0 Å². The van der Waals surface area contributed by atoms with Gasteiger partial charge in [0.05, 0.1) is 11.3 Å². The van der Waals surface area contributed by atoms with Crippen LogP contribution in [0.3, 0.4) is 0 Å². The zero-order valence-electron chi connectivity index (χ0n) is 29.5. The molecule has 0 aromatic carbocycles. The van der Waals surface area contributed by atoms with Crippen molar-refractivity contribution >= 4 is 28.8 Å². The van der Waals surface area contributed by atoms with Crippen LogP contribution in [0.15, 0.2) is 57.0 Å². The van der Waals surface area contributed by atoms with Crippen LogP contribution in [0, 0.1) is 0 Å². The Morgan fingerprint density at radius 3 is 2.31 bits per heavy atom. The molecule has 1 aliphatic carbocycles. The molecule has 45 heavy (non-hydrogen) atoms. The number of ether oxygens (including phenoxy) is 1. The summed E-state index contributed by atoms with van der Waals surface area (Å²) < 4.78 is 20.4. The predicted molar refractivity (Wildman–Crippen MR) is 193 cm³/mol. The summed E-state index contributed by atoms with van der Waals surface area (Å²) in [5.74, 6) is -0.176. The summed E-state index contributed by atoms with van der Waals surface area (Å²) in [4.78, 5) is 19.9. The molecule has 0 atom stereocenters. The van der Waals surface area contributed by atoms with E-state index < -0.39 is 0 Å². The lowest BCUT2D eigenvalue weighted by Crippen LogP contribution is -2.32. The summed E-state index contributed by atoms with van der Waals surface area (Å²) in [7, 11) is 0. The topological polar surface area (TPSA) is 66.5 Å². The first-order valence-electron chi connectivity index (χ1n) is 17.1. The third kappa shape index (κ3) is 12.9.